The van der Waals surface area contributed by atoms with Crippen LogP contribution in [0.4, 0.5) is 5.69 Å². The fourth-order valence-corrected chi connectivity index (χ4v) is 2.19. The number of piperazine rings is 1. The third kappa shape index (κ3) is 3.37. The summed E-state index contributed by atoms with van der Waals surface area (Å²) in [4.78, 5) is 15.6. The van der Waals surface area contributed by atoms with E-state index in [1.807, 2.05) is 24.3 Å². The van der Waals surface area contributed by atoms with E-state index in [1.54, 1.807) is 0 Å². The molecule has 2 rings (SSSR count). The van der Waals surface area contributed by atoms with Crippen molar-refractivity contribution < 1.29 is 9.53 Å². The molecule has 98 valence electrons. The van der Waals surface area contributed by atoms with E-state index in [-0.39, 0.29) is 5.97 Å². The highest BCUT2D eigenvalue weighted by molar-refractivity contribution is 6.30. The number of benzene rings is 1. The lowest BCUT2D eigenvalue weighted by Crippen LogP contribution is -2.48. The van der Waals surface area contributed by atoms with Gasteiger partial charge >= 0.3 is 5.97 Å². The Morgan fingerprint density at radius 1 is 1.22 bits per heavy atom. The topological polar surface area (TPSA) is 32.8 Å². The molecule has 0 aromatic heterocycles. The lowest BCUT2D eigenvalue weighted by atomic mass is 10.2. The Balaban J connectivity index is 1.86. The van der Waals surface area contributed by atoms with E-state index >= 15 is 0 Å². The molecule has 0 spiro atoms. The zero-order chi connectivity index (χ0) is 13.0. The number of anilines is 1. The highest BCUT2D eigenvalue weighted by Gasteiger charge is 2.19. The summed E-state index contributed by atoms with van der Waals surface area (Å²) in [6.45, 7) is 3.96. The minimum Gasteiger partial charge on any atom is -0.468 e. The van der Waals surface area contributed by atoms with Crippen LogP contribution >= 0.6 is 11.6 Å². The Hall–Kier alpha value is -1.26. The summed E-state index contributed by atoms with van der Waals surface area (Å²) in [5.41, 5.74) is 1.18. The number of rotatable bonds is 3. The van der Waals surface area contributed by atoms with Gasteiger partial charge in [-0.05, 0) is 24.3 Å². The molecule has 0 N–H and O–H groups in total. The van der Waals surface area contributed by atoms with Gasteiger partial charge in [-0.25, -0.2) is 0 Å². The number of hydrogen-bond acceptors (Lipinski definition) is 4. The maximum atomic E-state index is 11.2. The van der Waals surface area contributed by atoms with Crippen LogP contribution in [-0.2, 0) is 9.53 Å². The first kappa shape index (κ1) is 13.2. The lowest BCUT2D eigenvalue weighted by molar-refractivity contribution is -0.142. The Labute approximate surface area is 112 Å². The van der Waals surface area contributed by atoms with Crippen LogP contribution in [0.2, 0.25) is 5.02 Å². The largest absolute Gasteiger partial charge is 0.468 e. The van der Waals surface area contributed by atoms with Crippen LogP contribution in [0, 0.1) is 0 Å². The summed E-state index contributed by atoms with van der Waals surface area (Å²) in [6, 6.07) is 7.85. The number of halogens is 1. The van der Waals surface area contributed by atoms with Gasteiger partial charge in [0.05, 0.1) is 13.7 Å². The maximum absolute atomic E-state index is 11.2. The standard InChI is InChI=1S/C13H17ClN2O2/c1-18-13(17)10-15-6-8-16(9-7-15)12-4-2-11(14)3-5-12/h2-5H,6-10H2,1H3. The van der Waals surface area contributed by atoms with Crippen LogP contribution in [-0.4, -0.2) is 50.7 Å². The van der Waals surface area contributed by atoms with Crippen molar-refractivity contribution in [3.8, 4) is 0 Å². The minimum atomic E-state index is -0.171. The molecule has 0 amide bonds. The number of hydrogen-bond donors (Lipinski definition) is 0. The van der Waals surface area contributed by atoms with Gasteiger partial charge in [-0.3, -0.25) is 9.69 Å². The maximum Gasteiger partial charge on any atom is 0.319 e. The van der Waals surface area contributed by atoms with Gasteiger partial charge in [0.2, 0.25) is 0 Å². The average Bonchev–Trinajstić information content (AvgIpc) is 2.40. The molecule has 1 heterocycles. The molecule has 5 heteroatoms. The van der Waals surface area contributed by atoms with Gasteiger partial charge in [-0.1, -0.05) is 11.6 Å². The molecule has 1 aliphatic heterocycles. The fraction of sp³-hybridized carbons (Fsp3) is 0.462. The molecule has 18 heavy (non-hydrogen) atoms. The Morgan fingerprint density at radius 2 is 1.83 bits per heavy atom. The second-order valence-electron chi connectivity index (χ2n) is 4.32. The third-order valence-corrected chi connectivity index (χ3v) is 3.40. The number of carbonyl (C=O) groups is 1. The van der Waals surface area contributed by atoms with Crippen molar-refractivity contribution in [2.75, 3.05) is 44.7 Å². The van der Waals surface area contributed by atoms with E-state index in [4.69, 9.17) is 11.6 Å². The fourth-order valence-electron chi connectivity index (χ4n) is 2.06. The monoisotopic (exact) mass is 268 g/mol. The SMILES string of the molecule is COC(=O)CN1CCN(c2ccc(Cl)cc2)CC1. The number of esters is 1. The molecule has 4 nitrogen and oxygen atoms in total. The van der Waals surface area contributed by atoms with E-state index < -0.39 is 0 Å². The summed E-state index contributed by atoms with van der Waals surface area (Å²) in [6.07, 6.45) is 0. The van der Waals surface area contributed by atoms with Crippen molar-refractivity contribution in [3.63, 3.8) is 0 Å². The molecule has 0 saturated carbocycles. The van der Waals surface area contributed by atoms with Crippen LogP contribution < -0.4 is 4.90 Å². The van der Waals surface area contributed by atoms with Crippen molar-refractivity contribution in [1.29, 1.82) is 0 Å². The summed E-state index contributed by atoms with van der Waals surface area (Å²) < 4.78 is 4.67. The van der Waals surface area contributed by atoms with Crippen LogP contribution in [0.15, 0.2) is 24.3 Å². The number of ether oxygens (including phenoxy) is 1. The van der Waals surface area contributed by atoms with Crippen molar-refractivity contribution in [2.45, 2.75) is 0 Å². The zero-order valence-electron chi connectivity index (χ0n) is 10.4. The second kappa shape index (κ2) is 6.07. The predicted octanol–water partition coefficient (Wildman–Crippen LogP) is 1.64. The number of methoxy groups -OCH3 is 1. The van der Waals surface area contributed by atoms with E-state index in [1.165, 1.54) is 12.8 Å². The quantitative estimate of drug-likeness (QED) is 0.781. The van der Waals surface area contributed by atoms with Crippen LogP contribution in [0.5, 0.6) is 0 Å². The van der Waals surface area contributed by atoms with Gasteiger partial charge in [0.1, 0.15) is 0 Å². The molecule has 0 bridgehead atoms. The number of carbonyl (C=O) groups excluding carboxylic acids is 1. The van der Waals surface area contributed by atoms with E-state index in [9.17, 15) is 4.79 Å². The van der Waals surface area contributed by atoms with Gasteiger partial charge in [0, 0.05) is 36.9 Å². The molecular weight excluding hydrogens is 252 g/mol. The predicted molar refractivity (Wildman–Crippen MR) is 72.1 cm³/mol. The Kier molecular flexibility index (Phi) is 4.44. The van der Waals surface area contributed by atoms with Crippen molar-refractivity contribution >= 4 is 23.3 Å². The molecule has 0 unspecified atom stereocenters. The molecule has 1 fully saturated rings. The molecule has 0 radical (unpaired) electrons. The molecule has 0 atom stereocenters. The van der Waals surface area contributed by atoms with E-state index in [0.717, 1.165) is 31.2 Å². The van der Waals surface area contributed by atoms with E-state index in [0.29, 0.717) is 6.54 Å². The smallest absolute Gasteiger partial charge is 0.319 e. The first-order valence-electron chi connectivity index (χ1n) is 5.99. The average molecular weight is 269 g/mol. The normalized spacial score (nSPS) is 16.7. The Bertz CT molecular complexity index is 400. The summed E-state index contributed by atoms with van der Waals surface area (Å²) >= 11 is 5.87. The first-order valence-corrected chi connectivity index (χ1v) is 6.36. The van der Waals surface area contributed by atoms with Crippen LogP contribution in [0.1, 0.15) is 0 Å². The molecule has 1 aliphatic rings. The van der Waals surface area contributed by atoms with Crippen molar-refractivity contribution in [1.82, 2.24) is 4.90 Å². The van der Waals surface area contributed by atoms with Crippen molar-refractivity contribution in [2.24, 2.45) is 0 Å². The van der Waals surface area contributed by atoms with Gasteiger partial charge < -0.3 is 9.64 Å². The van der Waals surface area contributed by atoms with Crippen LogP contribution in [0.3, 0.4) is 0 Å². The summed E-state index contributed by atoms with van der Waals surface area (Å²) in [5.74, 6) is -0.171. The second-order valence-corrected chi connectivity index (χ2v) is 4.75. The molecular formula is C13H17ClN2O2. The van der Waals surface area contributed by atoms with Gasteiger partial charge in [-0.2, -0.15) is 0 Å². The van der Waals surface area contributed by atoms with Gasteiger partial charge in [0.25, 0.3) is 0 Å². The molecule has 1 aromatic rings. The highest BCUT2D eigenvalue weighted by atomic mass is 35.5. The van der Waals surface area contributed by atoms with Crippen molar-refractivity contribution in [3.05, 3.63) is 29.3 Å². The van der Waals surface area contributed by atoms with Gasteiger partial charge in [-0.15, -0.1) is 0 Å². The lowest BCUT2D eigenvalue weighted by Gasteiger charge is -2.35. The van der Waals surface area contributed by atoms with E-state index in [2.05, 4.69) is 14.5 Å². The third-order valence-electron chi connectivity index (χ3n) is 3.14. The summed E-state index contributed by atoms with van der Waals surface area (Å²) in [5, 5.41) is 0.753. The highest BCUT2D eigenvalue weighted by Crippen LogP contribution is 2.19. The molecule has 0 aliphatic carbocycles. The minimum absolute atomic E-state index is 0.171. The zero-order valence-corrected chi connectivity index (χ0v) is 11.2. The molecule has 1 saturated heterocycles. The number of nitrogens with zero attached hydrogens (tertiary/aromatic N) is 2. The summed E-state index contributed by atoms with van der Waals surface area (Å²) in [7, 11) is 1.42. The Morgan fingerprint density at radius 3 is 2.39 bits per heavy atom. The molecule has 1 aromatic carbocycles. The first-order chi connectivity index (χ1) is 8.69. The van der Waals surface area contributed by atoms with Gasteiger partial charge in [0.15, 0.2) is 0 Å². The van der Waals surface area contributed by atoms with Crippen LogP contribution in [0.25, 0.3) is 0 Å².